The first kappa shape index (κ1) is 9.12. The second-order valence-corrected chi connectivity index (χ2v) is 3.04. The zero-order chi connectivity index (χ0) is 10.7. The largest absolute Gasteiger partial charge is 0.506 e. The molecule has 0 aromatic heterocycles. The van der Waals surface area contributed by atoms with Crippen molar-refractivity contribution in [1.82, 2.24) is 0 Å². The molecule has 2 aromatic rings. The normalized spacial score (nSPS) is 9.00. The van der Waals surface area contributed by atoms with Gasteiger partial charge in [-0.3, -0.25) is 0 Å². The number of aromatic hydroxyl groups is 1. The number of fused-ring (bicyclic) bond motifs is 1. The number of rotatable bonds is 0. The highest BCUT2D eigenvalue weighted by Crippen LogP contribution is 2.27. The van der Waals surface area contributed by atoms with Gasteiger partial charge in [0.25, 0.3) is 0 Å². The van der Waals surface area contributed by atoms with Crippen LogP contribution in [-0.4, -0.2) is 5.11 Å². The van der Waals surface area contributed by atoms with Gasteiger partial charge in [-0.15, -0.1) is 0 Å². The Morgan fingerprint density at radius 1 is 1.07 bits per heavy atom. The lowest BCUT2D eigenvalue weighted by molar-refractivity contribution is 0.480. The summed E-state index contributed by atoms with van der Waals surface area (Å²) in [6.45, 7) is 0. The maximum atomic E-state index is 9.86. The lowest BCUT2D eigenvalue weighted by Crippen LogP contribution is -1.79. The van der Waals surface area contributed by atoms with E-state index in [0.29, 0.717) is 5.56 Å². The van der Waals surface area contributed by atoms with Crippen molar-refractivity contribution >= 4 is 10.8 Å². The first-order chi connectivity index (χ1) is 7.33. The van der Waals surface area contributed by atoms with E-state index in [2.05, 4.69) is 11.8 Å². The summed E-state index contributed by atoms with van der Waals surface area (Å²) >= 11 is 0. The summed E-state index contributed by atoms with van der Waals surface area (Å²) in [5, 5.41) is 19.9. The number of hydrogen-bond donors (Lipinski definition) is 1. The molecular formula is C13H7NO. The molecule has 0 aliphatic carbocycles. The van der Waals surface area contributed by atoms with Gasteiger partial charge in [-0.1, -0.05) is 30.3 Å². The molecule has 2 rings (SSSR count). The zero-order valence-corrected chi connectivity index (χ0v) is 7.86. The topological polar surface area (TPSA) is 44.0 Å². The van der Waals surface area contributed by atoms with Crippen LogP contribution >= 0.6 is 0 Å². The lowest BCUT2D eigenvalue weighted by atomic mass is 10.1. The number of phenols is 1. The van der Waals surface area contributed by atoms with Crippen LogP contribution in [0.1, 0.15) is 5.56 Å². The number of phenolic OH excluding ortho intramolecular Hbond substituents is 1. The van der Waals surface area contributed by atoms with Crippen molar-refractivity contribution in [1.29, 1.82) is 5.26 Å². The minimum Gasteiger partial charge on any atom is -0.506 e. The summed E-state index contributed by atoms with van der Waals surface area (Å²) in [6.07, 6.45) is 0. The average molecular weight is 193 g/mol. The number of nitrogens with zero attached hydrogens (tertiary/aromatic N) is 1. The van der Waals surface area contributed by atoms with E-state index >= 15 is 0 Å². The summed E-state index contributed by atoms with van der Waals surface area (Å²) in [7, 11) is 0. The van der Waals surface area contributed by atoms with Crippen LogP contribution in [0.5, 0.6) is 5.75 Å². The Kier molecular flexibility index (Phi) is 2.27. The third-order valence-corrected chi connectivity index (χ3v) is 2.15. The van der Waals surface area contributed by atoms with Crippen LogP contribution in [0, 0.1) is 23.2 Å². The van der Waals surface area contributed by atoms with Gasteiger partial charge < -0.3 is 5.11 Å². The molecule has 2 aromatic carbocycles. The molecule has 0 spiro atoms. The highest BCUT2D eigenvalue weighted by molar-refractivity contribution is 5.90. The zero-order valence-electron chi connectivity index (χ0n) is 7.86. The van der Waals surface area contributed by atoms with E-state index in [4.69, 9.17) is 5.26 Å². The first-order valence-electron chi connectivity index (χ1n) is 4.44. The molecule has 2 heteroatoms. The second kappa shape index (κ2) is 3.74. The van der Waals surface area contributed by atoms with Crippen molar-refractivity contribution in [3.63, 3.8) is 0 Å². The minimum atomic E-state index is 0.135. The van der Waals surface area contributed by atoms with Gasteiger partial charge in [0.15, 0.2) is 6.07 Å². The molecule has 0 saturated carbocycles. The van der Waals surface area contributed by atoms with Crippen LogP contribution in [0.4, 0.5) is 0 Å². The molecule has 15 heavy (non-hydrogen) atoms. The third kappa shape index (κ3) is 1.61. The van der Waals surface area contributed by atoms with Crippen LogP contribution in [0.15, 0.2) is 36.4 Å². The Morgan fingerprint density at radius 2 is 1.87 bits per heavy atom. The molecule has 0 heterocycles. The van der Waals surface area contributed by atoms with Crippen LogP contribution in [0.2, 0.25) is 0 Å². The van der Waals surface area contributed by atoms with Crippen molar-refractivity contribution < 1.29 is 5.11 Å². The summed E-state index contributed by atoms with van der Waals surface area (Å²) < 4.78 is 0. The number of benzene rings is 2. The van der Waals surface area contributed by atoms with Crippen LogP contribution < -0.4 is 0 Å². The molecule has 0 bridgehead atoms. The molecular weight excluding hydrogens is 186 g/mol. The maximum absolute atomic E-state index is 9.86. The van der Waals surface area contributed by atoms with E-state index in [1.54, 1.807) is 12.1 Å². The van der Waals surface area contributed by atoms with Crippen LogP contribution in [-0.2, 0) is 0 Å². The van der Waals surface area contributed by atoms with E-state index in [1.807, 2.05) is 30.3 Å². The number of hydrogen-bond acceptors (Lipinski definition) is 2. The minimum absolute atomic E-state index is 0.135. The summed E-state index contributed by atoms with van der Waals surface area (Å²) in [5.41, 5.74) is 0.482. The second-order valence-electron chi connectivity index (χ2n) is 3.04. The van der Waals surface area contributed by atoms with Crippen LogP contribution in [0.25, 0.3) is 10.8 Å². The van der Waals surface area contributed by atoms with Gasteiger partial charge >= 0.3 is 0 Å². The number of nitriles is 1. The molecule has 0 unspecified atom stereocenters. The fraction of sp³-hybridized carbons (Fsp3) is 0. The summed E-state index contributed by atoms with van der Waals surface area (Å²) in [6, 6.07) is 12.8. The van der Waals surface area contributed by atoms with Gasteiger partial charge in [0, 0.05) is 11.3 Å². The van der Waals surface area contributed by atoms with E-state index in [1.165, 1.54) is 0 Å². The highest BCUT2D eigenvalue weighted by atomic mass is 16.3. The predicted molar refractivity (Wildman–Crippen MR) is 58.1 cm³/mol. The van der Waals surface area contributed by atoms with Gasteiger partial charge in [-0.25, -0.2) is 0 Å². The molecule has 0 aliphatic heterocycles. The van der Waals surface area contributed by atoms with Gasteiger partial charge in [0.1, 0.15) is 5.75 Å². The van der Waals surface area contributed by atoms with Gasteiger partial charge in [-0.2, -0.15) is 5.26 Å². The van der Waals surface area contributed by atoms with Crippen molar-refractivity contribution in [2.45, 2.75) is 0 Å². The standard InChI is InChI=1S/C13H7NO/c14-9-3-5-11-8-7-10-4-1-2-6-12(10)13(11)15/h1-2,4,6-8,15H. The van der Waals surface area contributed by atoms with Gasteiger partial charge in [-0.05, 0) is 17.4 Å². The molecule has 0 aliphatic rings. The molecule has 0 amide bonds. The average Bonchev–Trinajstić information content (AvgIpc) is 2.29. The smallest absolute Gasteiger partial charge is 0.152 e. The molecule has 0 radical (unpaired) electrons. The Morgan fingerprint density at radius 3 is 2.67 bits per heavy atom. The van der Waals surface area contributed by atoms with Gasteiger partial charge in [0.2, 0.25) is 0 Å². The van der Waals surface area contributed by atoms with E-state index in [0.717, 1.165) is 10.8 Å². The van der Waals surface area contributed by atoms with Gasteiger partial charge in [0.05, 0.1) is 5.56 Å². The summed E-state index contributed by atoms with van der Waals surface area (Å²) in [5.74, 6) is 4.99. The molecule has 70 valence electrons. The Balaban J connectivity index is 2.71. The quantitative estimate of drug-likeness (QED) is 0.653. The third-order valence-electron chi connectivity index (χ3n) is 2.15. The Bertz CT molecular complexity index is 612. The molecule has 0 atom stereocenters. The monoisotopic (exact) mass is 193 g/mol. The molecule has 0 fully saturated rings. The Hall–Kier alpha value is -2.45. The van der Waals surface area contributed by atoms with Crippen molar-refractivity contribution in [3.8, 4) is 23.7 Å². The molecule has 1 N–H and O–H groups in total. The van der Waals surface area contributed by atoms with Crippen LogP contribution in [0.3, 0.4) is 0 Å². The maximum Gasteiger partial charge on any atom is 0.152 e. The fourth-order valence-corrected chi connectivity index (χ4v) is 1.45. The highest BCUT2D eigenvalue weighted by Gasteiger charge is 2.02. The summed E-state index contributed by atoms with van der Waals surface area (Å²) in [4.78, 5) is 0. The van der Waals surface area contributed by atoms with Crippen molar-refractivity contribution in [3.05, 3.63) is 42.0 Å². The van der Waals surface area contributed by atoms with E-state index in [9.17, 15) is 5.11 Å². The SMILES string of the molecule is N#CC#Cc1ccc2ccccc2c1O. The lowest BCUT2D eigenvalue weighted by Gasteiger charge is -2.02. The molecule has 0 saturated heterocycles. The first-order valence-corrected chi connectivity index (χ1v) is 4.44. The fourth-order valence-electron chi connectivity index (χ4n) is 1.45. The molecule has 2 nitrogen and oxygen atoms in total. The van der Waals surface area contributed by atoms with Crippen molar-refractivity contribution in [2.75, 3.05) is 0 Å². The Labute approximate surface area is 87.4 Å². The predicted octanol–water partition coefficient (Wildman–Crippen LogP) is 2.42. The van der Waals surface area contributed by atoms with E-state index < -0.39 is 0 Å². The van der Waals surface area contributed by atoms with E-state index in [-0.39, 0.29) is 5.75 Å². The van der Waals surface area contributed by atoms with Crippen molar-refractivity contribution in [2.24, 2.45) is 0 Å².